The standard InChI is InChI=1S/C27H32N2O4S/c1-3-15-29-16-14-26-24-20-10-7-11-22(24)33-25(26)21(12-13-27(26,30)23(29)17-20)28(2)34(31,32)18-19-8-5-4-6-9-19/h3-11,21,23,25,30H,1,12-18H2,2H3/t21?,23-,25?,26+,27-/m1/s1. The third-order valence-electron chi connectivity index (χ3n) is 8.90. The van der Waals surface area contributed by atoms with Crippen LogP contribution in [0, 0.1) is 0 Å². The van der Waals surface area contributed by atoms with E-state index in [0.29, 0.717) is 12.8 Å². The Kier molecular flexibility index (Phi) is 5.02. The van der Waals surface area contributed by atoms with Crippen LogP contribution in [0.3, 0.4) is 0 Å². The first-order valence-electron chi connectivity index (χ1n) is 12.2. The number of ether oxygens (including phenoxy) is 1. The van der Waals surface area contributed by atoms with Crippen LogP contribution in [0.2, 0.25) is 0 Å². The predicted octanol–water partition coefficient (Wildman–Crippen LogP) is 2.86. The predicted molar refractivity (Wildman–Crippen MR) is 131 cm³/mol. The van der Waals surface area contributed by atoms with Crippen molar-refractivity contribution in [3.05, 3.63) is 77.9 Å². The maximum absolute atomic E-state index is 13.5. The normalized spacial score (nSPS) is 33.9. The second-order valence-electron chi connectivity index (χ2n) is 10.3. The molecule has 1 spiro atoms. The Morgan fingerprint density at radius 2 is 2.00 bits per heavy atom. The van der Waals surface area contributed by atoms with Crippen molar-refractivity contribution < 1.29 is 18.3 Å². The molecule has 1 saturated carbocycles. The number of aliphatic hydroxyl groups is 1. The van der Waals surface area contributed by atoms with Crippen molar-refractivity contribution in [2.45, 2.75) is 60.6 Å². The van der Waals surface area contributed by atoms with Crippen molar-refractivity contribution in [1.29, 1.82) is 0 Å². The fourth-order valence-electron chi connectivity index (χ4n) is 7.42. The van der Waals surface area contributed by atoms with Gasteiger partial charge < -0.3 is 9.84 Å². The molecule has 0 amide bonds. The summed E-state index contributed by atoms with van der Waals surface area (Å²) >= 11 is 0. The summed E-state index contributed by atoms with van der Waals surface area (Å²) in [5, 5.41) is 12.4. The van der Waals surface area contributed by atoms with Gasteiger partial charge in [0.05, 0.1) is 22.8 Å². The number of likely N-dealkylation sites (tertiary alicyclic amines) is 1. The molecule has 2 fully saturated rings. The van der Waals surface area contributed by atoms with Crippen molar-refractivity contribution >= 4 is 10.0 Å². The van der Waals surface area contributed by atoms with Crippen molar-refractivity contribution in [2.75, 3.05) is 20.1 Å². The molecule has 1 N–H and O–H groups in total. The van der Waals surface area contributed by atoms with Gasteiger partial charge in [-0.1, -0.05) is 48.5 Å². The molecule has 2 aromatic rings. The largest absolute Gasteiger partial charge is 0.487 e. The molecular formula is C27H32N2O4S. The molecule has 5 atom stereocenters. The van der Waals surface area contributed by atoms with E-state index < -0.39 is 27.1 Å². The van der Waals surface area contributed by atoms with E-state index in [9.17, 15) is 13.5 Å². The van der Waals surface area contributed by atoms with Crippen molar-refractivity contribution in [2.24, 2.45) is 0 Å². The highest BCUT2D eigenvalue weighted by molar-refractivity contribution is 7.88. The Bertz CT molecular complexity index is 1230. The molecule has 2 heterocycles. The third-order valence-corrected chi connectivity index (χ3v) is 10.7. The molecule has 7 heteroatoms. The van der Waals surface area contributed by atoms with Gasteiger partial charge in [0, 0.05) is 25.2 Å². The maximum atomic E-state index is 13.5. The second-order valence-corrected chi connectivity index (χ2v) is 12.4. The first kappa shape index (κ1) is 22.3. The van der Waals surface area contributed by atoms with Gasteiger partial charge in [-0.3, -0.25) is 4.90 Å². The highest BCUT2D eigenvalue weighted by Gasteiger charge is 2.73. The van der Waals surface area contributed by atoms with Crippen LogP contribution in [0.4, 0.5) is 0 Å². The lowest BCUT2D eigenvalue weighted by molar-refractivity contribution is -0.193. The highest BCUT2D eigenvalue weighted by atomic mass is 32.2. The molecule has 0 aromatic heterocycles. The maximum Gasteiger partial charge on any atom is 0.218 e. The summed E-state index contributed by atoms with van der Waals surface area (Å²) < 4.78 is 35.1. The number of likely N-dealkylation sites (N-methyl/N-ethyl adjacent to an activating group) is 1. The fourth-order valence-corrected chi connectivity index (χ4v) is 8.87. The molecule has 6 nitrogen and oxygen atoms in total. The van der Waals surface area contributed by atoms with Gasteiger partial charge in [0.15, 0.2) is 0 Å². The van der Waals surface area contributed by atoms with E-state index in [0.717, 1.165) is 42.8 Å². The van der Waals surface area contributed by atoms with E-state index >= 15 is 0 Å². The minimum absolute atomic E-state index is 0.0293. The van der Waals surface area contributed by atoms with Gasteiger partial charge in [-0.05, 0) is 49.4 Å². The van der Waals surface area contributed by atoms with Crippen molar-refractivity contribution in [3.63, 3.8) is 0 Å². The Labute approximate surface area is 201 Å². The molecule has 1 saturated heterocycles. The number of piperidine rings is 1. The van der Waals surface area contributed by atoms with Gasteiger partial charge in [-0.25, -0.2) is 8.42 Å². The van der Waals surface area contributed by atoms with E-state index in [1.165, 1.54) is 9.87 Å². The minimum Gasteiger partial charge on any atom is -0.487 e. The van der Waals surface area contributed by atoms with Gasteiger partial charge in [0.2, 0.25) is 10.0 Å². The van der Waals surface area contributed by atoms with Crippen LogP contribution in [0.1, 0.15) is 36.0 Å². The van der Waals surface area contributed by atoms with E-state index in [4.69, 9.17) is 4.74 Å². The summed E-state index contributed by atoms with van der Waals surface area (Å²) in [7, 11) is -1.89. The van der Waals surface area contributed by atoms with Crippen LogP contribution in [0.5, 0.6) is 5.75 Å². The molecule has 4 aliphatic rings. The summed E-state index contributed by atoms with van der Waals surface area (Å²) in [6, 6.07) is 15.1. The number of rotatable bonds is 6. The zero-order valence-corrected chi connectivity index (χ0v) is 20.4. The topological polar surface area (TPSA) is 70.1 Å². The fraction of sp³-hybridized carbons (Fsp3) is 0.481. The molecule has 2 aliphatic carbocycles. The van der Waals surface area contributed by atoms with Gasteiger partial charge in [0.25, 0.3) is 0 Å². The summed E-state index contributed by atoms with van der Waals surface area (Å²) in [6.07, 6.45) is 4.13. The monoisotopic (exact) mass is 480 g/mol. The summed E-state index contributed by atoms with van der Waals surface area (Å²) in [5.74, 6) is 0.774. The van der Waals surface area contributed by atoms with Gasteiger partial charge in [0.1, 0.15) is 11.9 Å². The van der Waals surface area contributed by atoms with Crippen molar-refractivity contribution in [3.8, 4) is 5.75 Å². The molecule has 34 heavy (non-hydrogen) atoms. The highest BCUT2D eigenvalue weighted by Crippen LogP contribution is 2.64. The van der Waals surface area contributed by atoms with E-state index in [-0.39, 0.29) is 17.8 Å². The SMILES string of the molecule is C=CCN1CC[C@]23c4c5cccc4OC2C(N(C)S(=O)(=O)Cc2ccccc2)CC[C@@]3(O)[C@H]1C5. The molecule has 2 unspecified atom stereocenters. The van der Waals surface area contributed by atoms with Crippen LogP contribution in [0.15, 0.2) is 61.2 Å². The van der Waals surface area contributed by atoms with Crippen LogP contribution >= 0.6 is 0 Å². The Morgan fingerprint density at radius 1 is 1.21 bits per heavy atom. The zero-order chi connectivity index (χ0) is 23.7. The average Bonchev–Trinajstić information content (AvgIpc) is 3.16. The van der Waals surface area contributed by atoms with Crippen LogP contribution < -0.4 is 4.74 Å². The minimum atomic E-state index is -3.57. The van der Waals surface area contributed by atoms with E-state index in [1.54, 1.807) is 7.05 Å². The third kappa shape index (κ3) is 2.87. The van der Waals surface area contributed by atoms with Gasteiger partial charge >= 0.3 is 0 Å². The number of benzene rings is 2. The van der Waals surface area contributed by atoms with E-state index in [2.05, 4.69) is 17.5 Å². The molecule has 0 radical (unpaired) electrons. The first-order chi connectivity index (χ1) is 16.3. The second kappa shape index (κ2) is 7.65. The average molecular weight is 481 g/mol. The zero-order valence-electron chi connectivity index (χ0n) is 19.6. The molecule has 2 bridgehead atoms. The smallest absolute Gasteiger partial charge is 0.218 e. The van der Waals surface area contributed by atoms with Crippen molar-refractivity contribution in [1.82, 2.24) is 9.21 Å². The Balaban J connectivity index is 1.42. The number of nitrogens with zero attached hydrogens (tertiary/aromatic N) is 2. The lowest BCUT2D eigenvalue weighted by atomic mass is 9.48. The number of sulfonamides is 1. The molecule has 180 valence electrons. The molecule has 2 aliphatic heterocycles. The van der Waals surface area contributed by atoms with Gasteiger partial charge in [-0.15, -0.1) is 6.58 Å². The number of hydrogen-bond acceptors (Lipinski definition) is 5. The Morgan fingerprint density at radius 3 is 2.76 bits per heavy atom. The lowest BCUT2D eigenvalue weighted by Crippen LogP contribution is -2.78. The lowest BCUT2D eigenvalue weighted by Gasteiger charge is -2.64. The summed E-state index contributed by atoms with van der Waals surface area (Å²) in [6.45, 7) is 5.50. The first-order valence-corrected chi connectivity index (χ1v) is 13.8. The molecule has 6 rings (SSSR count). The summed E-state index contributed by atoms with van der Waals surface area (Å²) in [4.78, 5) is 2.35. The molecular weight excluding hydrogens is 448 g/mol. The van der Waals surface area contributed by atoms with Crippen LogP contribution in [0.25, 0.3) is 0 Å². The summed E-state index contributed by atoms with van der Waals surface area (Å²) in [5.41, 5.74) is 1.56. The van der Waals surface area contributed by atoms with Crippen LogP contribution in [-0.4, -0.2) is 66.7 Å². The Hall–Kier alpha value is -2.19. The quantitative estimate of drug-likeness (QED) is 0.644. The van der Waals surface area contributed by atoms with E-state index in [1.807, 2.05) is 48.5 Å². The van der Waals surface area contributed by atoms with Gasteiger partial charge in [-0.2, -0.15) is 4.31 Å². The molecule has 2 aromatic carbocycles. The van der Waals surface area contributed by atoms with Crippen LogP contribution in [-0.2, 0) is 27.6 Å². The number of hydrogen-bond donors (Lipinski definition) is 1.